The van der Waals surface area contributed by atoms with Crippen molar-refractivity contribution in [1.82, 2.24) is 0 Å². The Kier molecular flexibility index (Phi) is 4.14. The summed E-state index contributed by atoms with van der Waals surface area (Å²) in [7, 11) is 1.32. The first-order chi connectivity index (χ1) is 9.04. The quantitative estimate of drug-likeness (QED) is 0.747. The summed E-state index contributed by atoms with van der Waals surface area (Å²) in [5.74, 6) is -2.03. The summed E-state index contributed by atoms with van der Waals surface area (Å²) in [6, 6.07) is 7.95. The second kappa shape index (κ2) is 5.65. The van der Waals surface area contributed by atoms with Crippen LogP contribution in [0.25, 0.3) is 0 Å². The van der Waals surface area contributed by atoms with Crippen molar-refractivity contribution in [2.24, 2.45) is 0 Å². The van der Waals surface area contributed by atoms with Crippen molar-refractivity contribution < 1.29 is 17.9 Å². The minimum absolute atomic E-state index is 0.0759. The number of halogens is 4. The Morgan fingerprint density at radius 3 is 2.11 bits per heavy atom. The molecule has 1 nitrogen and oxygen atoms in total. The van der Waals surface area contributed by atoms with Crippen molar-refractivity contribution in [2.75, 3.05) is 7.11 Å². The monoisotopic (exact) mass is 330 g/mol. The lowest BCUT2D eigenvalue weighted by Crippen LogP contribution is -2.03. The third-order valence-corrected chi connectivity index (χ3v) is 3.67. The minimum Gasteiger partial charge on any atom is -0.497 e. The Labute approximate surface area is 117 Å². The van der Waals surface area contributed by atoms with Crippen LogP contribution in [-0.2, 0) is 0 Å². The average molecular weight is 331 g/mol. The van der Waals surface area contributed by atoms with Gasteiger partial charge in [0, 0.05) is 23.3 Å². The highest BCUT2D eigenvalue weighted by atomic mass is 79.9. The number of hydrogen-bond acceptors (Lipinski definition) is 1. The zero-order valence-corrected chi connectivity index (χ0v) is 11.5. The molecule has 2 aromatic rings. The second-order valence-electron chi connectivity index (χ2n) is 3.89. The van der Waals surface area contributed by atoms with Crippen LogP contribution >= 0.6 is 15.9 Å². The molecule has 19 heavy (non-hydrogen) atoms. The number of benzene rings is 2. The van der Waals surface area contributed by atoms with Gasteiger partial charge in [-0.05, 0) is 6.07 Å². The Morgan fingerprint density at radius 2 is 1.58 bits per heavy atom. The molecule has 0 heterocycles. The first kappa shape index (κ1) is 13.9. The number of alkyl halides is 1. The zero-order chi connectivity index (χ0) is 14.0. The topological polar surface area (TPSA) is 9.23 Å². The van der Waals surface area contributed by atoms with Gasteiger partial charge < -0.3 is 4.74 Å². The fourth-order valence-corrected chi connectivity index (χ4v) is 2.57. The first-order valence-electron chi connectivity index (χ1n) is 5.46. The van der Waals surface area contributed by atoms with Gasteiger partial charge in [0.1, 0.15) is 23.2 Å². The van der Waals surface area contributed by atoms with E-state index in [1.165, 1.54) is 25.3 Å². The van der Waals surface area contributed by atoms with E-state index >= 15 is 0 Å². The van der Waals surface area contributed by atoms with Crippen LogP contribution in [0.2, 0.25) is 0 Å². The van der Waals surface area contributed by atoms with Crippen molar-refractivity contribution in [3.05, 3.63) is 65.0 Å². The Morgan fingerprint density at radius 1 is 1.00 bits per heavy atom. The van der Waals surface area contributed by atoms with E-state index in [9.17, 15) is 13.2 Å². The zero-order valence-electron chi connectivity index (χ0n) is 9.96. The van der Waals surface area contributed by atoms with E-state index in [-0.39, 0.29) is 16.9 Å². The van der Waals surface area contributed by atoms with Gasteiger partial charge in [-0.3, -0.25) is 0 Å². The van der Waals surface area contributed by atoms with E-state index in [2.05, 4.69) is 15.9 Å². The van der Waals surface area contributed by atoms with Gasteiger partial charge in [-0.2, -0.15) is 0 Å². The molecule has 1 atom stereocenters. The van der Waals surface area contributed by atoms with Crippen LogP contribution in [-0.4, -0.2) is 7.11 Å². The highest BCUT2D eigenvalue weighted by molar-refractivity contribution is 9.09. The molecule has 100 valence electrons. The standard InChI is InChI=1S/C14H10BrF3O/c1-19-8-6-11(17)13(12(18)7-8)14(15)9-4-2-3-5-10(9)16/h2-7,14H,1H3. The van der Waals surface area contributed by atoms with Gasteiger partial charge in [-0.25, -0.2) is 13.2 Å². The van der Waals surface area contributed by atoms with Gasteiger partial charge in [0.05, 0.1) is 11.9 Å². The molecule has 0 bridgehead atoms. The van der Waals surface area contributed by atoms with E-state index in [4.69, 9.17) is 4.74 Å². The van der Waals surface area contributed by atoms with Gasteiger partial charge in [0.15, 0.2) is 0 Å². The van der Waals surface area contributed by atoms with Crippen molar-refractivity contribution in [3.63, 3.8) is 0 Å². The third-order valence-electron chi connectivity index (χ3n) is 2.72. The number of hydrogen-bond donors (Lipinski definition) is 0. The van der Waals surface area contributed by atoms with Gasteiger partial charge >= 0.3 is 0 Å². The van der Waals surface area contributed by atoms with Crippen LogP contribution in [0.5, 0.6) is 5.75 Å². The SMILES string of the molecule is COc1cc(F)c(C(Br)c2ccccc2F)c(F)c1. The maximum atomic E-state index is 13.9. The Hall–Kier alpha value is -1.49. The molecule has 0 amide bonds. The molecule has 2 rings (SSSR count). The lowest BCUT2D eigenvalue weighted by atomic mass is 10.0. The molecular formula is C14H10BrF3O. The van der Waals surface area contributed by atoms with E-state index in [1.54, 1.807) is 6.07 Å². The van der Waals surface area contributed by atoms with Gasteiger partial charge in [0.2, 0.25) is 0 Å². The Bertz CT molecular complexity index is 578. The summed E-state index contributed by atoms with van der Waals surface area (Å²) in [4.78, 5) is -0.903. The maximum Gasteiger partial charge on any atom is 0.134 e. The molecular weight excluding hydrogens is 321 g/mol. The van der Waals surface area contributed by atoms with Crippen molar-refractivity contribution >= 4 is 15.9 Å². The third kappa shape index (κ3) is 2.76. The first-order valence-corrected chi connectivity index (χ1v) is 6.37. The summed E-state index contributed by atoms with van der Waals surface area (Å²) >= 11 is 3.13. The van der Waals surface area contributed by atoms with E-state index in [0.717, 1.165) is 12.1 Å². The van der Waals surface area contributed by atoms with Crippen LogP contribution in [0.3, 0.4) is 0 Å². The molecule has 0 spiro atoms. The molecule has 0 fully saturated rings. The van der Waals surface area contributed by atoms with Crippen molar-refractivity contribution in [3.8, 4) is 5.75 Å². The van der Waals surface area contributed by atoms with Crippen LogP contribution in [0.1, 0.15) is 16.0 Å². The van der Waals surface area contributed by atoms with Crippen LogP contribution in [0, 0.1) is 17.5 Å². The predicted molar refractivity (Wildman–Crippen MR) is 70.1 cm³/mol. The van der Waals surface area contributed by atoms with Gasteiger partial charge in [-0.15, -0.1) is 0 Å². The fourth-order valence-electron chi connectivity index (χ4n) is 1.76. The van der Waals surface area contributed by atoms with Gasteiger partial charge in [-0.1, -0.05) is 34.1 Å². The normalized spacial score (nSPS) is 12.3. The summed E-state index contributed by atoms with van der Waals surface area (Å²) < 4.78 is 46.2. The summed E-state index contributed by atoms with van der Waals surface area (Å²) in [5, 5.41) is 0. The summed E-state index contributed by atoms with van der Waals surface area (Å²) in [6.07, 6.45) is 0. The highest BCUT2D eigenvalue weighted by Crippen LogP contribution is 2.36. The molecule has 0 aliphatic rings. The van der Waals surface area contributed by atoms with E-state index in [0.29, 0.717) is 0 Å². The van der Waals surface area contributed by atoms with Crippen molar-refractivity contribution in [1.29, 1.82) is 0 Å². The second-order valence-corrected chi connectivity index (χ2v) is 4.80. The lowest BCUT2D eigenvalue weighted by Gasteiger charge is -2.14. The fraction of sp³-hybridized carbons (Fsp3) is 0.143. The smallest absolute Gasteiger partial charge is 0.134 e. The molecule has 2 aromatic carbocycles. The summed E-state index contributed by atoms with van der Waals surface area (Å²) in [6.45, 7) is 0. The summed E-state index contributed by atoms with van der Waals surface area (Å²) in [5.41, 5.74) is -0.0728. The average Bonchev–Trinajstić information content (AvgIpc) is 2.38. The molecule has 0 N–H and O–H groups in total. The van der Waals surface area contributed by atoms with E-state index in [1.807, 2.05) is 0 Å². The van der Waals surface area contributed by atoms with Crippen LogP contribution < -0.4 is 4.74 Å². The molecule has 0 radical (unpaired) electrons. The maximum absolute atomic E-state index is 13.9. The van der Waals surface area contributed by atoms with Crippen molar-refractivity contribution in [2.45, 2.75) is 4.83 Å². The molecule has 5 heteroatoms. The number of ether oxygens (including phenoxy) is 1. The van der Waals surface area contributed by atoms with Crippen LogP contribution in [0.4, 0.5) is 13.2 Å². The molecule has 0 saturated carbocycles. The molecule has 0 aromatic heterocycles. The number of rotatable bonds is 3. The Balaban J connectivity index is 2.50. The lowest BCUT2D eigenvalue weighted by molar-refractivity contribution is 0.405. The molecule has 1 unspecified atom stereocenters. The predicted octanol–water partition coefficient (Wildman–Crippen LogP) is 4.60. The molecule has 0 saturated heterocycles. The van der Waals surface area contributed by atoms with Gasteiger partial charge in [0.25, 0.3) is 0 Å². The number of methoxy groups -OCH3 is 1. The van der Waals surface area contributed by atoms with E-state index < -0.39 is 22.3 Å². The molecule has 0 aliphatic carbocycles. The minimum atomic E-state index is -0.903. The largest absolute Gasteiger partial charge is 0.497 e. The molecule has 0 aliphatic heterocycles. The highest BCUT2D eigenvalue weighted by Gasteiger charge is 2.22. The van der Waals surface area contributed by atoms with Crippen LogP contribution in [0.15, 0.2) is 36.4 Å².